The Morgan fingerprint density at radius 1 is 1.03 bits per heavy atom. The fourth-order valence-corrected chi connectivity index (χ4v) is 5.69. The first-order valence-electron chi connectivity index (χ1n) is 12.2. The van der Waals surface area contributed by atoms with Crippen LogP contribution in [0.4, 0.5) is 0 Å². The smallest absolute Gasteiger partial charge is 0.220 e. The average molecular weight is 598 g/mol. The van der Waals surface area contributed by atoms with E-state index < -0.39 is 5.25 Å². The number of aromatic nitrogens is 3. The van der Waals surface area contributed by atoms with Gasteiger partial charge in [0.15, 0.2) is 16.7 Å². The molecular weight excluding hydrogens is 568 g/mol. The van der Waals surface area contributed by atoms with E-state index in [4.69, 9.17) is 9.47 Å². The highest BCUT2D eigenvalue weighted by molar-refractivity contribution is 9.10. The van der Waals surface area contributed by atoms with Gasteiger partial charge in [-0.2, -0.15) is 0 Å². The Balaban J connectivity index is 1.68. The molecule has 1 aromatic heterocycles. The summed E-state index contributed by atoms with van der Waals surface area (Å²) >= 11 is 4.92. The predicted octanol–water partition coefficient (Wildman–Crippen LogP) is 7.04. The van der Waals surface area contributed by atoms with Crippen molar-refractivity contribution in [2.75, 3.05) is 13.2 Å². The lowest BCUT2D eigenvalue weighted by atomic mass is 10.1. The van der Waals surface area contributed by atoms with Crippen LogP contribution in [0.1, 0.15) is 40.3 Å². The van der Waals surface area contributed by atoms with Gasteiger partial charge in [0.2, 0.25) is 6.54 Å². The zero-order valence-electron chi connectivity index (χ0n) is 21.7. The van der Waals surface area contributed by atoms with Crippen LogP contribution in [0.3, 0.4) is 0 Å². The highest BCUT2D eigenvalue weighted by Gasteiger charge is 2.26. The van der Waals surface area contributed by atoms with E-state index in [1.807, 2.05) is 73.0 Å². The van der Waals surface area contributed by atoms with Crippen molar-refractivity contribution in [1.29, 1.82) is 0 Å². The van der Waals surface area contributed by atoms with E-state index in [1.54, 1.807) is 0 Å². The predicted molar refractivity (Wildman–Crippen MR) is 152 cm³/mol. The van der Waals surface area contributed by atoms with E-state index in [0.29, 0.717) is 40.2 Å². The minimum atomic E-state index is -0.544. The molecule has 0 radical (unpaired) electrons. The Morgan fingerprint density at radius 2 is 1.79 bits per heavy atom. The highest BCUT2D eigenvalue weighted by atomic mass is 79.9. The van der Waals surface area contributed by atoms with Crippen LogP contribution >= 0.6 is 27.7 Å². The van der Waals surface area contributed by atoms with Crippen molar-refractivity contribution in [2.24, 2.45) is 0 Å². The number of hydrogen-bond acceptors (Lipinski definition) is 7. The first kappa shape index (κ1) is 27.7. The van der Waals surface area contributed by atoms with Crippen molar-refractivity contribution in [3.8, 4) is 17.2 Å². The minimum Gasteiger partial charge on any atom is -0.490 e. The van der Waals surface area contributed by atoms with Gasteiger partial charge in [0.25, 0.3) is 0 Å². The maximum atomic E-state index is 11.7. The molecule has 0 saturated heterocycles. The van der Waals surface area contributed by atoms with Crippen LogP contribution in [0.15, 0.2) is 70.3 Å². The van der Waals surface area contributed by atoms with Crippen LogP contribution in [-0.2, 0) is 6.61 Å². The van der Waals surface area contributed by atoms with Gasteiger partial charge in [0.1, 0.15) is 17.7 Å². The summed E-state index contributed by atoms with van der Waals surface area (Å²) in [4.78, 5) is 11.4. The number of hydrogen-bond donors (Lipinski definition) is 0. The van der Waals surface area contributed by atoms with E-state index >= 15 is 0 Å². The van der Waals surface area contributed by atoms with Gasteiger partial charge < -0.3 is 9.47 Å². The molecule has 10 heteroatoms. The molecule has 1 atom stereocenters. The summed E-state index contributed by atoms with van der Waals surface area (Å²) in [5, 5.41) is 20.4. The average Bonchev–Trinajstić information content (AvgIpc) is 3.25. The lowest BCUT2D eigenvalue weighted by Gasteiger charge is -2.19. The molecule has 0 bridgehead atoms. The standard InChI is InChI=1S/C28H29BrN4O4S/c1-5-36-25-15-22(14-24(29)27(25)37-17-21-9-7-6-8-10-21)26(16-32(34)35)38-28-31-30-20(4)33(28)23-12-11-18(2)19(3)13-23/h6-15,26H,5,16-17H2,1-4H3/t26-/m1/s1. The number of halogens is 1. The fraction of sp³-hybridized carbons (Fsp3) is 0.286. The maximum absolute atomic E-state index is 11.7. The zero-order valence-corrected chi connectivity index (χ0v) is 24.1. The molecular formula is C28H29BrN4O4S. The first-order chi connectivity index (χ1) is 18.3. The first-order valence-corrected chi connectivity index (χ1v) is 13.8. The van der Waals surface area contributed by atoms with Gasteiger partial charge in [-0.15, -0.1) is 10.2 Å². The largest absolute Gasteiger partial charge is 0.490 e. The molecule has 0 aliphatic heterocycles. The van der Waals surface area contributed by atoms with Crippen molar-refractivity contribution in [1.82, 2.24) is 14.8 Å². The SMILES string of the molecule is CCOc1cc([C@@H](C[N+](=O)[O-])Sc2nnc(C)n2-c2ccc(C)c(C)c2)cc(Br)c1OCc1ccccc1. The van der Waals surface area contributed by atoms with Crippen molar-refractivity contribution in [3.05, 3.63) is 103 Å². The van der Waals surface area contributed by atoms with E-state index in [9.17, 15) is 10.1 Å². The lowest BCUT2D eigenvalue weighted by Crippen LogP contribution is -2.12. The summed E-state index contributed by atoms with van der Waals surface area (Å²) in [7, 11) is 0. The molecule has 38 heavy (non-hydrogen) atoms. The third kappa shape index (κ3) is 6.54. The quantitative estimate of drug-likeness (QED) is 0.104. The molecule has 0 unspecified atom stereocenters. The summed E-state index contributed by atoms with van der Waals surface area (Å²) in [6.45, 7) is 8.36. The topological polar surface area (TPSA) is 92.3 Å². The Bertz CT molecular complexity index is 1430. The molecule has 0 amide bonds. The molecule has 4 aromatic rings. The van der Waals surface area contributed by atoms with Crippen LogP contribution in [0, 0.1) is 30.9 Å². The monoisotopic (exact) mass is 596 g/mol. The van der Waals surface area contributed by atoms with Gasteiger partial charge in [0, 0.05) is 10.6 Å². The summed E-state index contributed by atoms with van der Waals surface area (Å²) < 4.78 is 14.6. The summed E-state index contributed by atoms with van der Waals surface area (Å²) in [5.41, 5.74) is 4.99. The molecule has 1 heterocycles. The second kappa shape index (κ2) is 12.4. The fourth-order valence-electron chi connectivity index (χ4n) is 3.96. The van der Waals surface area contributed by atoms with E-state index in [2.05, 4.69) is 46.0 Å². The van der Waals surface area contributed by atoms with Crippen LogP contribution in [0.2, 0.25) is 0 Å². The Morgan fingerprint density at radius 3 is 2.47 bits per heavy atom. The lowest BCUT2D eigenvalue weighted by molar-refractivity contribution is -0.479. The van der Waals surface area contributed by atoms with Gasteiger partial charge in [0.05, 0.1) is 11.1 Å². The summed E-state index contributed by atoms with van der Waals surface area (Å²) in [5.74, 6) is 1.78. The number of nitro groups is 1. The normalized spacial score (nSPS) is 11.8. The molecule has 4 rings (SSSR count). The van der Waals surface area contributed by atoms with Crippen LogP contribution in [-0.4, -0.2) is 32.8 Å². The maximum Gasteiger partial charge on any atom is 0.220 e. The number of ether oxygens (including phenoxy) is 2. The second-order valence-corrected chi connectivity index (χ2v) is 10.8. The molecule has 8 nitrogen and oxygen atoms in total. The van der Waals surface area contributed by atoms with Gasteiger partial charge in [-0.3, -0.25) is 14.7 Å². The second-order valence-electron chi connectivity index (χ2n) is 8.79. The van der Waals surface area contributed by atoms with Gasteiger partial charge in [-0.1, -0.05) is 48.2 Å². The number of rotatable bonds is 11. The van der Waals surface area contributed by atoms with Crippen molar-refractivity contribution < 1.29 is 14.4 Å². The Hall–Kier alpha value is -3.37. The van der Waals surface area contributed by atoms with E-state index in [0.717, 1.165) is 22.4 Å². The van der Waals surface area contributed by atoms with Crippen molar-refractivity contribution in [3.63, 3.8) is 0 Å². The van der Waals surface area contributed by atoms with Crippen molar-refractivity contribution in [2.45, 2.75) is 44.7 Å². The van der Waals surface area contributed by atoms with Crippen molar-refractivity contribution >= 4 is 27.7 Å². The van der Waals surface area contributed by atoms with Gasteiger partial charge >= 0.3 is 0 Å². The summed E-state index contributed by atoms with van der Waals surface area (Å²) in [6, 6.07) is 19.6. The number of benzene rings is 3. The number of aryl methyl sites for hydroxylation is 3. The highest BCUT2D eigenvalue weighted by Crippen LogP contribution is 2.43. The van der Waals surface area contributed by atoms with E-state index in [-0.39, 0.29) is 11.5 Å². The number of nitrogens with zero attached hydrogens (tertiary/aromatic N) is 4. The minimum absolute atomic E-state index is 0.300. The molecule has 0 spiro atoms. The molecule has 0 saturated carbocycles. The van der Waals surface area contributed by atoms with Crippen LogP contribution in [0.25, 0.3) is 5.69 Å². The van der Waals surface area contributed by atoms with E-state index in [1.165, 1.54) is 17.3 Å². The zero-order chi connectivity index (χ0) is 27.2. The number of thioether (sulfide) groups is 1. The van der Waals surface area contributed by atoms with Gasteiger partial charge in [-0.25, -0.2) is 0 Å². The molecule has 0 fully saturated rings. The Kier molecular flexibility index (Phi) is 9.06. The van der Waals surface area contributed by atoms with Crippen LogP contribution < -0.4 is 9.47 Å². The molecule has 0 N–H and O–H groups in total. The third-order valence-electron chi connectivity index (χ3n) is 6.04. The third-order valence-corrected chi connectivity index (χ3v) is 7.81. The van der Waals surface area contributed by atoms with Crippen LogP contribution in [0.5, 0.6) is 11.5 Å². The Labute approximate surface area is 234 Å². The summed E-state index contributed by atoms with van der Waals surface area (Å²) in [6.07, 6.45) is 0. The molecule has 0 aliphatic rings. The molecule has 198 valence electrons. The van der Waals surface area contributed by atoms with Gasteiger partial charge in [-0.05, 0) is 90.1 Å². The molecule has 3 aromatic carbocycles. The molecule has 0 aliphatic carbocycles.